The Morgan fingerprint density at radius 1 is 1.08 bits per heavy atom. The van der Waals surface area contributed by atoms with Crippen molar-refractivity contribution in [2.75, 3.05) is 19.5 Å². The number of carbonyl (C=O) groups excluding carboxylic acids is 1. The molecule has 0 aliphatic carbocycles. The van der Waals surface area contributed by atoms with E-state index >= 15 is 0 Å². The van der Waals surface area contributed by atoms with E-state index in [0.29, 0.717) is 16.2 Å². The molecule has 124 valence electrons. The number of benzene rings is 2. The summed E-state index contributed by atoms with van der Waals surface area (Å²) in [7, 11) is 2.95. The smallest absolute Gasteiger partial charge is 0.257 e. The minimum absolute atomic E-state index is 0.0138. The average molecular weight is 350 g/mol. The fraction of sp³-hybridized carbons (Fsp3) is 0.125. The molecule has 1 N–H and O–H groups in total. The molecule has 0 radical (unpaired) electrons. The summed E-state index contributed by atoms with van der Waals surface area (Å²) in [5, 5.41) is 2.73. The molecule has 0 aliphatic heterocycles. The van der Waals surface area contributed by atoms with Crippen molar-refractivity contribution in [1.29, 1.82) is 0 Å². The third-order valence-corrected chi connectivity index (χ3v) is 4.17. The SMILES string of the molecule is COc1cc(OC)cc(C(=O)Nc2nc3c(F)cc(F)cc3s2)c1. The van der Waals surface area contributed by atoms with Crippen molar-refractivity contribution in [2.24, 2.45) is 0 Å². The highest BCUT2D eigenvalue weighted by molar-refractivity contribution is 7.22. The Kier molecular flexibility index (Phi) is 4.30. The number of halogens is 2. The molecule has 5 nitrogen and oxygen atoms in total. The molecule has 3 aromatic rings. The van der Waals surface area contributed by atoms with E-state index in [9.17, 15) is 13.6 Å². The van der Waals surface area contributed by atoms with Gasteiger partial charge in [0.25, 0.3) is 5.91 Å². The molecule has 8 heteroatoms. The molecule has 1 aromatic heterocycles. The van der Waals surface area contributed by atoms with Crippen LogP contribution >= 0.6 is 11.3 Å². The number of ether oxygens (including phenoxy) is 2. The number of anilines is 1. The second kappa shape index (κ2) is 6.40. The Bertz CT molecular complexity index is 905. The van der Waals surface area contributed by atoms with Gasteiger partial charge in [-0.3, -0.25) is 10.1 Å². The molecular weight excluding hydrogens is 338 g/mol. The summed E-state index contributed by atoms with van der Waals surface area (Å²) in [4.78, 5) is 16.3. The Morgan fingerprint density at radius 3 is 2.38 bits per heavy atom. The van der Waals surface area contributed by atoms with Crippen LogP contribution in [0.15, 0.2) is 30.3 Å². The van der Waals surface area contributed by atoms with Gasteiger partial charge < -0.3 is 9.47 Å². The molecule has 2 aromatic carbocycles. The van der Waals surface area contributed by atoms with E-state index in [1.54, 1.807) is 6.07 Å². The first-order chi connectivity index (χ1) is 11.5. The Morgan fingerprint density at radius 2 is 1.75 bits per heavy atom. The number of fused-ring (bicyclic) bond motifs is 1. The van der Waals surface area contributed by atoms with Crippen LogP contribution in [-0.4, -0.2) is 25.1 Å². The van der Waals surface area contributed by atoms with Crippen LogP contribution in [0, 0.1) is 11.6 Å². The normalized spacial score (nSPS) is 10.7. The zero-order valence-corrected chi connectivity index (χ0v) is 13.5. The minimum atomic E-state index is -0.773. The Hall–Kier alpha value is -2.74. The molecule has 3 rings (SSSR count). The number of nitrogens with zero attached hydrogens (tertiary/aromatic N) is 1. The predicted molar refractivity (Wildman–Crippen MR) is 87.0 cm³/mol. The maximum absolute atomic E-state index is 13.7. The summed E-state index contributed by atoms with van der Waals surface area (Å²) >= 11 is 0.983. The summed E-state index contributed by atoms with van der Waals surface area (Å²) in [6.45, 7) is 0. The van der Waals surface area contributed by atoms with Gasteiger partial charge in [-0.1, -0.05) is 11.3 Å². The second-order valence-corrected chi connectivity index (χ2v) is 5.84. The van der Waals surface area contributed by atoms with E-state index in [1.165, 1.54) is 32.4 Å². The lowest BCUT2D eigenvalue weighted by molar-refractivity contribution is 0.102. The van der Waals surface area contributed by atoms with Crippen molar-refractivity contribution in [3.63, 3.8) is 0 Å². The van der Waals surface area contributed by atoms with Crippen LogP contribution in [0.1, 0.15) is 10.4 Å². The second-order valence-electron chi connectivity index (χ2n) is 4.81. The highest BCUT2D eigenvalue weighted by atomic mass is 32.1. The number of nitrogens with one attached hydrogen (secondary N) is 1. The molecule has 1 heterocycles. The Labute approximate surface area is 139 Å². The molecule has 0 aliphatic rings. The van der Waals surface area contributed by atoms with Crippen LogP contribution in [0.5, 0.6) is 11.5 Å². The van der Waals surface area contributed by atoms with E-state index < -0.39 is 17.5 Å². The van der Waals surface area contributed by atoms with Gasteiger partial charge in [0.1, 0.15) is 22.8 Å². The maximum atomic E-state index is 13.7. The number of amides is 1. The third kappa shape index (κ3) is 3.13. The van der Waals surface area contributed by atoms with Crippen LogP contribution in [0.2, 0.25) is 0 Å². The van der Waals surface area contributed by atoms with Crippen molar-refractivity contribution in [3.05, 3.63) is 47.5 Å². The maximum Gasteiger partial charge on any atom is 0.257 e. The van der Waals surface area contributed by atoms with Crippen LogP contribution in [0.3, 0.4) is 0 Å². The number of carbonyl (C=O) groups is 1. The molecule has 0 fully saturated rings. The summed E-state index contributed by atoms with van der Waals surface area (Å²) in [5.74, 6) is -1.02. The molecule has 24 heavy (non-hydrogen) atoms. The van der Waals surface area contributed by atoms with Gasteiger partial charge >= 0.3 is 0 Å². The predicted octanol–water partition coefficient (Wildman–Crippen LogP) is 3.84. The fourth-order valence-electron chi connectivity index (χ4n) is 2.12. The van der Waals surface area contributed by atoms with Gasteiger partial charge in [-0.15, -0.1) is 0 Å². The first-order valence-corrected chi connectivity index (χ1v) is 7.62. The zero-order valence-electron chi connectivity index (χ0n) is 12.7. The van der Waals surface area contributed by atoms with E-state index in [2.05, 4.69) is 10.3 Å². The largest absolute Gasteiger partial charge is 0.497 e. The van der Waals surface area contributed by atoms with Gasteiger partial charge in [0.15, 0.2) is 10.9 Å². The van der Waals surface area contributed by atoms with Crippen molar-refractivity contribution in [3.8, 4) is 11.5 Å². The number of aromatic nitrogens is 1. The number of thiazole rings is 1. The lowest BCUT2D eigenvalue weighted by Crippen LogP contribution is -2.12. The monoisotopic (exact) mass is 350 g/mol. The van der Waals surface area contributed by atoms with E-state index in [1.807, 2.05) is 0 Å². The quantitative estimate of drug-likeness (QED) is 0.777. The first kappa shape index (κ1) is 16.1. The molecule has 0 spiro atoms. The number of methoxy groups -OCH3 is 2. The van der Waals surface area contributed by atoms with Crippen molar-refractivity contribution in [1.82, 2.24) is 4.98 Å². The van der Waals surface area contributed by atoms with Crippen molar-refractivity contribution < 1.29 is 23.0 Å². The van der Waals surface area contributed by atoms with Gasteiger partial charge in [-0.25, -0.2) is 13.8 Å². The van der Waals surface area contributed by atoms with Crippen LogP contribution in [-0.2, 0) is 0 Å². The molecule has 0 atom stereocenters. The number of rotatable bonds is 4. The molecule has 0 bridgehead atoms. The van der Waals surface area contributed by atoms with Crippen molar-refractivity contribution >= 4 is 32.6 Å². The molecule has 0 saturated carbocycles. The van der Waals surface area contributed by atoms with Crippen molar-refractivity contribution in [2.45, 2.75) is 0 Å². The van der Waals surface area contributed by atoms with Gasteiger partial charge in [0.05, 0.1) is 18.9 Å². The van der Waals surface area contributed by atoms with Gasteiger partial charge in [0, 0.05) is 17.7 Å². The molecule has 0 unspecified atom stereocenters. The summed E-state index contributed by atoms with van der Waals surface area (Å²) < 4.78 is 37.4. The zero-order chi connectivity index (χ0) is 17.3. The highest BCUT2D eigenvalue weighted by Gasteiger charge is 2.15. The van der Waals surface area contributed by atoms with Crippen LogP contribution in [0.4, 0.5) is 13.9 Å². The third-order valence-electron chi connectivity index (χ3n) is 3.25. The molecular formula is C16H12F2N2O3S. The van der Waals surface area contributed by atoms with Gasteiger partial charge in [-0.2, -0.15) is 0 Å². The van der Waals surface area contributed by atoms with Gasteiger partial charge in [0.2, 0.25) is 0 Å². The average Bonchev–Trinajstić information content (AvgIpc) is 2.96. The van der Waals surface area contributed by atoms with Crippen LogP contribution < -0.4 is 14.8 Å². The van der Waals surface area contributed by atoms with Crippen LogP contribution in [0.25, 0.3) is 10.2 Å². The minimum Gasteiger partial charge on any atom is -0.497 e. The summed E-state index contributed by atoms with van der Waals surface area (Å²) in [6.07, 6.45) is 0. The molecule has 1 amide bonds. The van der Waals surface area contributed by atoms with E-state index in [0.717, 1.165) is 17.4 Å². The summed E-state index contributed by atoms with van der Waals surface area (Å²) in [6, 6.07) is 6.62. The first-order valence-electron chi connectivity index (χ1n) is 6.80. The fourth-order valence-corrected chi connectivity index (χ4v) is 3.02. The number of hydrogen-bond acceptors (Lipinski definition) is 5. The molecule has 0 saturated heterocycles. The number of hydrogen-bond donors (Lipinski definition) is 1. The topological polar surface area (TPSA) is 60.5 Å². The van der Waals surface area contributed by atoms with E-state index in [-0.39, 0.29) is 16.2 Å². The highest BCUT2D eigenvalue weighted by Crippen LogP contribution is 2.29. The summed E-state index contributed by atoms with van der Waals surface area (Å²) in [5.41, 5.74) is 0.303. The Balaban J connectivity index is 1.91. The lowest BCUT2D eigenvalue weighted by Gasteiger charge is -2.07. The van der Waals surface area contributed by atoms with Gasteiger partial charge in [-0.05, 0) is 18.2 Å². The van der Waals surface area contributed by atoms with E-state index in [4.69, 9.17) is 9.47 Å². The standard InChI is InChI=1S/C16H12F2N2O3S/c1-22-10-3-8(4-11(7-10)23-2)15(21)20-16-19-14-12(18)5-9(17)6-13(14)24-16/h3-7H,1-2H3,(H,19,20,21). The lowest BCUT2D eigenvalue weighted by atomic mass is 10.2.